The number of ketones is 1. The third kappa shape index (κ3) is 3.07. The van der Waals surface area contributed by atoms with Crippen molar-refractivity contribution >= 4 is 23.4 Å². The highest BCUT2D eigenvalue weighted by Gasteiger charge is 2.13. The SMILES string of the molecule is COC(=O)c1cc(CCl)ccc1CC(C)=O. The lowest BCUT2D eigenvalue weighted by Gasteiger charge is -2.07. The fourth-order valence-electron chi connectivity index (χ4n) is 1.43. The Bertz CT molecular complexity index is 413. The van der Waals surface area contributed by atoms with Crippen LogP contribution in [0.5, 0.6) is 0 Å². The molecule has 0 aromatic heterocycles. The number of halogens is 1. The van der Waals surface area contributed by atoms with Gasteiger partial charge in [-0.3, -0.25) is 4.79 Å². The van der Waals surface area contributed by atoms with Crippen molar-refractivity contribution in [1.29, 1.82) is 0 Å². The molecule has 0 bridgehead atoms. The van der Waals surface area contributed by atoms with Gasteiger partial charge in [-0.2, -0.15) is 0 Å². The number of carbonyl (C=O) groups is 2. The molecule has 0 unspecified atom stereocenters. The van der Waals surface area contributed by atoms with Gasteiger partial charge >= 0.3 is 5.97 Å². The van der Waals surface area contributed by atoms with E-state index in [1.165, 1.54) is 14.0 Å². The van der Waals surface area contributed by atoms with Crippen molar-refractivity contribution < 1.29 is 14.3 Å². The molecule has 1 aromatic rings. The van der Waals surface area contributed by atoms with Crippen LogP contribution in [0.2, 0.25) is 0 Å². The molecule has 0 spiro atoms. The summed E-state index contributed by atoms with van der Waals surface area (Å²) in [7, 11) is 1.31. The van der Waals surface area contributed by atoms with Crippen LogP contribution in [0.4, 0.5) is 0 Å². The summed E-state index contributed by atoms with van der Waals surface area (Å²) in [5, 5.41) is 0. The quantitative estimate of drug-likeness (QED) is 0.599. The molecule has 0 amide bonds. The van der Waals surface area contributed by atoms with E-state index in [9.17, 15) is 9.59 Å². The summed E-state index contributed by atoms with van der Waals surface area (Å²) < 4.78 is 4.66. The second-order valence-electron chi connectivity index (χ2n) is 3.50. The average molecular weight is 241 g/mol. The van der Waals surface area contributed by atoms with Crippen molar-refractivity contribution in [2.75, 3.05) is 7.11 Å². The molecule has 0 saturated carbocycles. The van der Waals surface area contributed by atoms with Gasteiger partial charge < -0.3 is 4.74 Å². The maximum absolute atomic E-state index is 11.5. The Labute approximate surface area is 99.4 Å². The van der Waals surface area contributed by atoms with Crippen molar-refractivity contribution in [3.8, 4) is 0 Å². The zero-order valence-corrected chi connectivity index (χ0v) is 10.0. The average Bonchev–Trinajstić information content (AvgIpc) is 2.28. The highest BCUT2D eigenvalue weighted by atomic mass is 35.5. The first-order chi connectivity index (χ1) is 7.58. The van der Waals surface area contributed by atoms with E-state index >= 15 is 0 Å². The van der Waals surface area contributed by atoms with Gasteiger partial charge in [-0.15, -0.1) is 11.6 Å². The third-order valence-corrected chi connectivity index (χ3v) is 2.48. The predicted octanol–water partition coefficient (Wildman–Crippen LogP) is 2.34. The van der Waals surface area contributed by atoms with Gasteiger partial charge in [0.1, 0.15) is 5.78 Å². The molecule has 0 aliphatic carbocycles. The third-order valence-electron chi connectivity index (χ3n) is 2.17. The van der Waals surface area contributed by atoms with Gasteiger partial charge in [-0.25, -0.2) is 4.79 Å². The Balaban J connectivity index is 3.15. The summed E-state index contributed by atoms with van der Waals surface area (Å²) in [6.07, 6.45) is 0.229. The van der Waals surface area contributed by atoms with Gasteiger partial charge in [0.15, 0.2) is 0 Å². The largest absolute Gasteiger partial charge is 0.465 e. The number of rotatable bonds is 4. The van der Waals surface area contributed by atoms with E-state index in [2.05, 4.69) is 4.74 Å². The first-order valence-electron chi connectivity index (χ1n) is 4.84. The molecular weight excluding hydrogens is 228 g/mol. The Morgan fingerprint density at radius 1 is 1.38 bits per heavy atom. The van der Waals surface area contributed by atoms with E-state index in [0.717, 1.165) is 5.56 Å². The second-order valence-corrected chi connectivity index (χ2v) is 3.76. The number of alkyl halides is 1. The lowest BCUT2D eigenvalue weighted by Crippen LogP contribution is -2.09. The normalized spacial score (nSPS) is 9.94. The van der Waals surface area contributed by atoms with Crippen LogP contribution in [-0.2, 0) is 21.8 Å². The number of benzene rings is 1. The minimum atomic E-state index is -0.441. The molecule has 0 fully saturated rings. The fourth-order valence-corrected chi connectivity index (χ4v) is 1.60. The van der Waals surface area contributed by atoms with Gasteiger partial charge in [0.2, 0.25) is 0 Å². The molecule has 16 heavy (non-hydrogen) atoms. The molecule has 3 nitrogen and oxygen atoms in total. The molecule has 4 heteroatoms. The van der Waals surface area contributed by atoms with Crippen LogP contribution in [0.3, 0.4) is 0 Å². The van der Waals surface area contributed by atoms with Crippen LogP contribution in [0.1, 0.15) is 28.4 Å². The van der Waals surface area contributed by atoms with Crippen molar-refractivity contribution in [3.05, 3.63) is 34.9 Å². The predicted molar refractivity (Wildman–Crippen MR) is 61.7 cm³/mol. The standard InChI is InChI=1S/C12H13ClO3/c1-8(14)5-10-4-3-9(7-13)6-11(10)12(15)16-2/h3-4,6H,5,7H2,1-2H3. The summed E-state index contributed by atoms with van der Waals surface area (Å²) in [5.41, 5.74) is 1.92. The number of hydrogen-bond donors (Lipinski definition) is 0. The van der Waals surface area contributed by atoms with Crippen LogP contribution in [0.15, 0.2) is 18.2 Å². The van der Waals surface area contributed by atoms with E-state index in [1.54, 1.807) is 18.2 Å². The van der Waals surface area contributed by atoms with E-state index < -0.39 is 5.97 Å². The molecule has 0 heterocycles. The summed E-state index contributed by atoms with van der Waals surface area (Å²) >= 11 is 5.69. The number of ether oxygens (including phenoxy) is 1. The van der Waals surface area contributed by atoms with Crippen molar-refractivity contribution in [3.63, 3.8) is 0 Å². The van der Waals surface area contributed by atoms with Gasteiger partial charge in [0, 0.05) is 12.3 Å². The minimum Gasteiger partial charge on any atom is -0.465 e. The number of Topliss-reactive ketones (excluding diaryl/α,β-unsaturated/α-hetero) is 1. The molecule has 1 rings (SSSR count). The number of hydrogen-bond acceptors (Lipinski definition) is 3. The first kappa shape index (κ1) is 12.7. The second kappa shape index (κ2) is 5.66. The summed E-state index contributed by atoms with van der Waals surface area (Å²) in [5.74, 6) is -0.114. The molecule has 0 N–H and O–H groups in total. The van der Waals surface area contributed by atoms with Crippen molar-refractivity contribution in [2.45, 2.75) is 19.2 Å². The molecule has 86 valence electrons. The number of carbonyl (C=O) groups excluding carboxylic acids is 2. The fraction of sp³-hybridized carbons (Fsp3) is 0.333. The van der Waals surface area contributed by atoms with Crippen LogP contribution in [-0.4, -0.2) is 18.9 Å². The van der Waals surface area contributed by atoms with Gasteiger partial charge in [-0.05, 0) is 24.1 Å². The zero-order chi connectivity index (χ0) is 12.1. The Hall–Kier alpha value is -1.35. The maximum Gasteiger partial charge on any atom is 0.338 e. The monoisotopic (exact) mass is 240 g/mol. The minimum absolute atomic E-state index is 0.00350. The molecule has 0 saturated heterocycles. The molecule has 0 atom stereocenters. The molecular formula is C12H13ClO3. The Kier molecular flexibility index (Phi) is 4.50. The highest BCUT2D eigenvalue weighted by Crippen LogP contribution is 2.16. The van der Waals surface area contributed by atoms with Crippen LogP contribution in [0.25, 0.3) is 0 Å². The lowest BCUT2D eigenvalue weighted by atomic mass is 10.0. The van der Waals surface area contributed by atoms with Gasteiger partial charge in [0.05, 0.1) is 12.7 Å². The topological polar surface area (TPSA) is 43.4 Å². The summed E-state index contributed by atoms with van der Waals surface area (Å²) in [6, 6.07) is 5.21. The van der Waals surface area contributed by atoms with E-state index in [-0.39, 0.29) is 12.2 Å². The van der Waals surface area contributed by atoms with Crippen molar-refractivity contribution in [1.82, 2.24) is 0 Å². The number of esters is 1. The van der Waals surface area contributed by atoms with E-state index in [0.29, 0.717) is 17.0 Å². The van der Waals surface area contributed by atoms with Crippen molar-refractivity contribution in [2.24, 2.45) is 0 Å². The van der Waals surface area contributed by atoms with E-state index in [1.807, 2.05) is 0 Å². The van der Waals surface area contributed by atoms with E-state index in [4.69, 9.17) is 11.6 Å². The first-order valence-corrected chi connectivity index (χ1v) is 5.37. The Morgan fingerprint density at radius 3 is 2.56 bits per heavy atom. The van der Waals surface area contributed by atoms with Gasteiger partial charge in [-0.1, -0.05) is 12.1 Å². The molecule has 0 aliphatic heterocycles. The smallest absolute Gasteiger partial charge is 0.338 e. The van der Waals surface area contributed by atoms with Crippen LogP contribution < -0.4 is 0 Å². The Morgan fingerprint density at radius 2 is 2.06 bits per heavy atom. The molecule has 0 aliphatic rings. The maximum atomic E-state index is 11.5. The van der Waals surface area contributed by atoms with Gasteiger partial charge in [0.25, 0.3) is 0 Å². The summed E-state index contributed by atoms with van der Waals surface area (Å²) in [4.78, 5) is 22.6. The van der Waals surface area contributed by atoms with Crippen LogP contribution >= 0.6 is 11.6 Å². The molecule has 0 radical (unpaired) electrons. The highest BCUT2D eigenvalue weighted by molar-refractivity contribution is 6.17. The summed E-state index contributed by atoms with van der Waals surface area (Å²) in [6.45, 7) is 1.48. The lowest BCUT2D eigenvalue weighted by molar-refractivity contribution is -0.116. The number of methoxy groups -OCH3 is 1. The molecule has 1 aromatic carbocycles. The zero-order valence-electron chi connectivity index (χ0n) is 9.25. The van der Waals surface area contributed by atoms with Crippen LogP contribution in [0, 0.1) is 0 Å².